The fourth-order valence-corrected chi connectivity index (χ4v) is 1.36. The molecule has 1 rings (SSSR count). The van der Waals surface area contributed by atoms with Crippen LogP contribution >= 0.6 is 11.3 Å². The van der Waals surface area contributed by atoms with Gasteiger partial charge >= 0.3 is 0 Å². The summed E-state index contributed by atoms with van der Waals surface area (Å²) in [6.45, 7) is 0. The zero-order valence-corrected chi connectivity index (χ0v) is 7.71. The molecule has 1 amide bonds. The first kappa shape index (κ1) is 10.3. The molecule has 0 aromatic carbocycles. The van der Waals surface area contributed by atoms with E-state index in [9.17, 15) is 14.4 Å². The van der Waals surface area contributed by atoms with E-state index >= 15 is 0 Å². The van der Waals surface area contributed by atoms with Crippen LogP contribution in [0.4, 0.5) is 5.13 Å². The average Bonchev–Trinajstić information content (AvgIpc) is 2.60. The van der Waals surface area contributed by atoms with Crippen molar-refractivity contribution in [1.82, 2.24) is 10.3 Å². The molecule has 0 aliphatic rings. The lowest BCUT2D eigenvalue weighted by Crippen LogP contribution is -2.30. The molecule has 0 fully saturated rings. The molecule has 1 atom stereocenters. The Morgan fingerprint density at radius 2 is 2.50 bits per heavy atom. The Morgan fingerprint density at radius 3 is 2.93 bits per heavy atom. The predicted octanol–water partition coefficient (Wildman–Crippen LogP) is -0.809. The molecule has 0 bridgehead atoms. The Morgan fingerprint density at radius 1 is 1.79 bits per heavy atom. The van der Waals surface area contributed by atoms with E-state index in [1.165, 1.54) is 5.38 Å². The first-order valence-corrected chi connectivity index (χ1v) is 4.39. The molecule has 0 aliphatic carbocycles. The van der Waals surface area contributed by atoms with E-state index in [4.69, 9.17) is 5.73 Å². The third-order valence-electron chi connectivity index (χ3n) is 1.35. The monoisotopic (exact) mass is 212 g/mol. The summed E-state index contributed by atoms with van der Waals surface area (Å²) in [5.74, 6) is -0.898. The molecule has 73 valence electrons. The van der Waals surface area contributed by atoms with Crippen LogP contribution in [0.15, 0.2) is 5.38 Å². The summed E-state index contributed by atoms with van der Waals surface area (Å²) in [7, 11) is 0. The molecular formula is C7H6N3O3S. The second-order valence-corrected chi connectivity index (χ2v) is 3.18. The standard InChI is InChI=1S/C7H6N3O3S/c8-7-10-5(3-14-7)4(1-11)9-6(13)2-12/h2-4H,(H2,8,10)(H,9,13). The molecule has 1 unspecified atom stereocenters. The van der Waals surface area contributed by atoms with Gasteiger partial charge in [-0.25, -0.2) is 4.98 Å². The topological polar surface area (TPSA) is 102 Å². The molecule has 0 saturated heterocycles. The summed E-state index contributed by atoms with van der Waals surface area (Å²) in [4.78, 5) is 34.9. The van der Waals surface area contributed by atoms with E-state index < -0.39 is 11.9 Å². The Kier molecular flexibility index (Phi) is 3.29. The van der Waals surface area contributed by atoms with Gasteiger partial charge in [-0.3, -0.25) is 14.4 Å². The summed E-state index contributed by atoms with van der Waals surface area (Å²) in [5.41, 5.74) is 5.61. The van der Waals surface area contributed by atoms with Crippen LogP contribution < -0.4 is 11.1 Å². The van der Waals surface area contributed by atoms with Crippen molar-refractivity contribution in [3.8, 4) is 0 Å². The number of nitrogen functional groups attached to an aromatic ring is 1. The van der Waals surface area contributed by atoms with Gasteiger partial charge < -0.3 is 11.1 Å². The van der Waals surface area contributed by atoms with Crippen LogP contribution in [-0.2, 0) is 14.4 Å². The maximum atomic E-state index is 10.6. The molecule has 1 heterocycles. The van der Waals surface area contributed by atoms with Crippen molar-refractivity contribution < 1.29 is 14.4 Å². The molecule has 1 radical (unpaired) electrons. The second kappa shape index (κ2) is 4.47. The van der Waals surface area contributed by atoms with Gasteiger partial charge in [0.1, 0.15) is 6.04 Å². The molecule has 0 aliphatic heterocycles. The number of hydrogen-bond donors (Lipinski definition) is 2. The van der Waals surface area contributed by atoms with Crippen molar-refractivity contribution in [2.75, 3.05) is 5.73 Å². The highest BCUT2D eigenvalue weighted by molar-refractivity contribution is 7.13. The first-order valence-electron chi connectivity index (χ1n) is 3.51. The zero-order valence-electron chi connectivity index (χ0n) is 6.89. The molecule has 1 aromatic heterocycles. The van der Waals surface area contributed by atoms with Gasteiger partial charge in [-0.15, -0.1) is 11.3 Å². The quantitative estimate of drug-likeness (QED) is 0.502. The molecule has 0 spiro atoms. The normalized spacial score (nSPS) is 11.7. The van der Waals surface area contributed by atoms with Crippen LogP contribution in [0.1, 0.15) is 11.7 Å². The van der Waals surface area contributed by atoms with Crippen molar-refractivity contribution in [2.45, 2.75) is 6.04 Å². The number of hydrogen-bond acceptors (Lipinski definition) is 6. The minimum absolute atomic E-state index is 0.0695. The van der Waals surface area contributed by atoms with Crippen LogP contribution in [0.25, 0.3) is 0 Å². The number of thiazole rings is 1. The van der Waals surface area contributed by atoms with Gasteiger partial charge in [-0.05, 0) is 0 Å². The SMILES string of the molecule is Nc1nc(C([C]=O)NC(=O)C=O)cs1. The lowest BCUT2D eigenvalue weighted by atomic mass is 10.2. The number of nitrogens with two attached hydrogens (primary N) is 1. The molecule has 1 aromatic rings. The molecule has 6 nitrogen and oxygen atoms in total. The van der Waals surface area contributed by atoms with Gasteiger partial charge in [0.2, 0.25) is 12.6 Å². The van der Waals surface area contributed by atoms with Crippen molar-refractivity contribution >= 4 is 34.9 Å². The molecule has 14 heavy (non-hydrogen) atoms. The number of aromatic nitrogens is 1. The highest BCUT2D eigenvalue weighted by Crippen LogP contribution is 2.16. The minimum Gasteiger partial charge on any atom is -0.375 e. The van der Waals surface area contributed by atoms with Crippen LogP contribution in [0.5, 0.6) is 0 Å². The van der Waals surface area contributed by atoms with Crippen LogP contribution in [0, 0.1) is 0 Å². The number of amides is 1. The maximum Gasteiger partial charge on any atom is 0.285 e. The number of aldehydes is 1. The van der Waals surface area contributed by atoms with E-state index in [1.807, 2.05) is 0 Å². The van der Waals surface area contributed by atoms with E-state index in [-0.39, 0.29) is 17.1 Å². The van der Waals surface area contributed by atoms with Gasteiger partial charge in [0.05, 0.1) is 5.69 Å². The fraction of sp³-hybridized carbons (Fsp3) is 0.143. The van der Waals surface area contributed by atoms with Crippen molar-refractivity contribution in [3.63, 3.8) is 0 Å². The Hall–Kier alpha value is -1.76. The molecular weight excluding hydrogens is 206 g/mol. The van der Waals surface area contributed by atoms with Crippen molar-refractivity contribution in [2.24, 2.45) is 0 Å². The summed E-state index contributed by atoms with van der Waals surface area (Å²) in [6, 6.07) is -1.04. The van der Waals surface area contributed by atoms with Crippen LogP contribution in [0.3, 0.4) is 0 Å². The van der Waals surface area contributed by atoms with Crippen LogP contribution in [-0.4, -0.2) is 23.5 Å². The largest absolute Gasteiger partial charge is 0.375 e. The summed E-state index contributed by atoms with van der Waals surface area (Å²) >= 11 is 1.13. The molecule has 3 N–H and O–H groups in total. The average molecular weight is 212 g/mol. The number of nitrogens with zero attached hydrogens (tertiary/aromatic N) is 1. The first-order chi connectivity index (χ1) is 6.67. The minimum atomic E-state index is -1.04. The number of rotatable bonds is 4. The zero-order chi connectivity index (χ0) is 10.6. The fourth-order valence-electron chi connectivity index (χ4n) is 0.773. The third-order valence-corrected chi connectivity index (χ3v) is 2.04. The Balaban J connectivity index is 2.77. The van der Waals surface area contributed by atoms with Gasteiger partial charge in [-0.1, -0.05) is 0 Å². The summed E-state index contributed by atoms with van der Waals surface area (Å²) < 4.78 is 0. The predicted molar refractivity (Wildman–Crippen MR) is 49.2 cm³/mol. The number of anilines is 1. The third kappa shape index (κ3) is 2.36. The lowest BCUT2D eigenvalue weighted by Gasteiger charge is -2.05. The second-order valence-electron chi connectivity index (χ2n) is 2.29. The van der Waals surface area contributed by atoms with E-state index in [2.05, 4.69) is 10.3 Å². The molecule has 7 heteroatoms. The Labute approximate surface area is 83.1 Å². The number of carbonyl (C=O) groups excluding carboxylic acids is 3. The summed E-state index contributed by atoms with van der Waals surface area (Å²) in [5, 5.41) is 3.89. The molecule has 0 saturated carbocycles. The van der Waals surface area contributed by atoms with Crippen molar-refractivity contribution in [3.05, 3.63) is 11.1 Å². The number of nitrogens with one attached hydrogen (secondary N) is 1. The number of carbonyl (C=O) groups is 2. The lowest BCUT2D eigenvalue weighted by molar-refractivity contribution is -0.131. The van der Waals surface area contributed by atoms with Gasteiger partial charge in [0.25, 0.3) is 5.91 Å². The van der Waals surface area contributed by atoms with Gasteiger partial charge in [0.15, 0.2) is 5.13 Å². The summed E-state index contributed by atoms with van der Waals surface area (Å²) in [6.07, 6.45) is 1.61. The highest BCUT2D eigenvalue weighted by Gasteiger charge is 2.16. The highest BCUT2D eigenvalue weighted by atomic mass is 32.1. The smallest absolute Gasteiger partial charge is 0.285 e. The van der Waals surface area contributed by atoms with E-state index in [0.29, 0.717) is 0 Å². The van der Waals surface area contributed by atoms with Crippen LogP contribution in [0.2, 0.25) is 0 Å². The van der Waals surface area contributed by atoms with E-state index in [0.717, 1.165) is 11.3 Å². The van der Waals surface area contributed by atoms with Gasteiger partial charge in [0, 0.05) is 5.38 Å². The maximum absolute atomic E-state index is 10.6. The van der Waals surface area contributed by atoms with Crippen molar-refractivity contribution in [1.29, 1.82) is 0 Å². The van der Waals surface area contributed by atoms with Gasteiger partial charge in [-0.2, -0.15) is 0 Å². The van der Waals surface area contributed by atoms with E-state index in [1.54, 1.807) is 6.29 Å². The Bertz CT molecular complexity index is 363.